The van der Waals surface area contributed by atoms with Crippen molar-refractivity contribution in [2.45, 2.75) is 0 Å². The molecule has 0 radical (unpaired) electrons. The van der Waals surface area contributed by atoms with Crippen LogP contribution in [0.25, 0.3) is 0 Å². The summed E-state index contributed by atoms with van der Waals surface area (Å²) in [5, 5.41) is 2.48. The lowest BCUT2D eigenvalue weighted by molar-refractivity contribution is 0.102. The molecule has 0 heterocycles. The van der Waals surface area contributed by atoms with Crippen molar-refractivity contribution in [1.82, 2.24) is 0 Å². The number of carbonyl (C=O) groups is 1. The predicted molar refractivity (Wildman–Crippen MR) is 79.5 cm³/mol. The third-order valence-corrected chi connectivity index (χ3v) is 3.27. The van der Waals surface area contributed by atoms with Crippen molar-refractivity contribution in [3.63, 3.8) is 0 Å². The topological polar surface area (TPSA) is 64.3 Å². The number of halogens is 2. The van der Waals surface area contributed by atoms with E-state index in [4.69, 9.17) is 10.5 Å². The van der Waals surface area contributed by atoms with E-state index in [1.165, 1.54) is 25.3 Å². The zero-order valence-corrected chi connectivity index (χ0v) is 12.2. The van der Waals surface area contributed by atoms with Crippen molar-refractivity contribution >= 4 is 33.2 Å². The van der Waals surface area contributed by atoms with Crippen molar-refractivity contribution in [3.05, 3.63) is 52.3 Å². The SMILES string of the molecule is COc1ccc(C(=O)Nc2cc(N)ccc2F)cc1Br. The Kier molecular flexibility index (Phi) is 4.24. The zero-order chi connectivity index (χ0) is 14.7. The number of benzene rings is 2. The van der Waals surface area contributed by atoms with E-state index in [0.717, 1.165) is 0 Å². The van der Waals surface area contributed by atoms with Crippen molar-refractivity contribution in [3.8, 4) is 5.75 Å². The summed E-state index contributed by atoms with van der Waals surface area (Å²) in [6.45, 7) is 0. The minimum absolute atomic E-state index is 0.0435. The van der Waals surface area contributed by atoms with Crippen LogP contribution >= 0.6 is 15.9 Å². The summed E-state index contributed by atoms with van der Waals surface area (Å²) < 4.78 is 19.3. The molecule has 0 fully saturated rings. The van der Waals surface area contributed by atoms with Crippen molar-refractivity contribution in [2.24, 2.45) is 0 Å². The van der Waals surface area contributed by atoms with Gasteiger partial charge in [0.1, 0.15) is 11.6 Å². The average Bonchev–Trinajstić information content (AvgIpc) is 2.42. The van der Waals surface area contributed by atoms with Gasteiger partial charge in [0.2, 0.25) is 0 Å². The molecule has 0 aliphatic heterocycles. The lowest BCUT2D eigenvalue weighted by atomic mass is 10.2. The maximum absolute atomic E-state index is 13.5. The molecule has 3 N–H and O–H groups in total. The van der Waals surface area contributed by atoms with Gasteiger partial charge in [-0.2, -0.15) is 0 Å². The summed E-state index contributed by atoms with van der Waals surface area (Å²) in [7, 11) is 1.53. The van der Waals surface area contributed by atoms with Crippen molar-refractivity contribution in [2.75, 3.05) is 18.2 Å². The summed E-state index contributed by atoms with van der Waals surface area (Å²) in [4.78, 5) is 12.0. The van der Waals surface area contributed by atoms with Gasteiger partial charge in [0, 0.05) is 11.3 Å². The Morgan fingerprint density at radius 2 is 2.05 bits per heavy atom. The maximum atomic E-state index is 13.5. The van der Waals surface area contributed by atoms with Gasteiger partial charge < -0.3 is 15.8 Å². The van der Waals surface area contributed by atoms with Gasteiger partial charge >= 0.3 is 0 Å². The highest BCUT2D eigenvalue weighted by atomic mass is 79.9. The molecule has 0 saturated heterocycles. The first-order chi connectivity index (χ1) is 9.51. The van der Waals surface area contributed by atoms with E-state index in [0.29, 0.717) is 21.5 Å². The number of nitrogens with two attached hydrogens (primary N) is 1. The monoisotopic (exact) mass is 338 g/mol. The van der Waals surface area contributed by atoms with Crippen LogP contribution in [0.1, 0.15) is 10.4 Å². The number of rotatable bonds is 3. The fourth-order valence-electron chi connectivity index (χ4n) is 1.64. The van der Waals surface area contributed by atoms with Gasteiger partial charge in [-0.25, -0.2) is 4.39 Å². The number of amides is 1. The fraction of sp³-hybridized carbons (Fsp3) is 0.0714. The molecule has 0 saturated carbocycles. The quantitative estimate of drug-likeness (QED) is 0.842. The number of anilines is 2. The molecule has 4 nitrogen and oxygen atoms in total. The first-order valence-corrected chi connectivity index (χ1v) is 6.50. The van der Waals surface area contributed by atoms with E-state index in [1.807, 2.05) is 0 Å². The average molecular weight is 339 g/mol. The molecule has 2 rings (SSSR count). The molecular formula is C14H12BrFN2O2. The van der Waals surface area contributed by atoms with Crippen LogP contribution in [-0.4, -0.2) is 13.0 Å². The highest BCUT2D eigenvalue weighted by Gasteiger charge is 2.11. The maximum Gasteiger partial charge on any atom is 0.255 e. The molecule has 104 valence electrons. The second kappa shape index (κ2) is 5.92. The summed E-state index contributed by atoms with van der Waals surface area (Å²) in [6, 6.07) is 8.83. The third-order valence-electron chi connectivity index (χ3n) is 2.65. The van der Waals surface area contributed by atoms with Crippen LogP contribution in [0.2, 0.25) is 0 Å². The van der Waals surface area contributed by atoms with Crippen LogP contribution in [-0.2, 0) is 0 Å². The van der Waals surface area contributed by atoms with E-state index in [2.05, 4.69) is 21.2 Å². The fourth-order valence-corrected chi connectivity index (χ4v) is 2.18. The largest absolute Gasteiger partial charge is 0.496 e. The van der Waals surface area contributed by atoms with E-state index in [-0.39, 0.29) is 5.69 Å². The Morgan fingerprint density at radius 3 is 2.70 bits per heavy atom. The summed E-state index contributed by atoms with van der Waals surface area (Å²) in [5.74, 6) is -0.366. The Morgan fingerprint density at radius 1 is 1.30 bits per heavy atom. The molecule has 6 heteroatoms. The van der Waals surface area contributed by atoms with Gasteiger partial charge in [-0.05, 0) is 52.3 Å². The molecule has 0 aliphatic carbocycles. The molecule has 0 spiro atoms. The molecule has 0 bridgehead atoms. The van der Waals surface area contributed by atoms with Gasteiger partial charge in [-0.1, -0.05) is 0 Å². The zero-order valence-electron chi connectivity index (χ0n) is 10.6. The number of nitrogen functional groups attached to an aromatic ring is 1. The highest BCUT2D eigenvalue weighted by Crippen LogP contribution is 2.26. The Balaban J connectivity index is 2.24. The van der Waals surface area contributed by atoms with E-state index >= 15 is 0 Å². The highest BCUT2D eigenvalue weighted by molar-refractivity contribution is 9.10. The third kappa shape index (κ3) is 3.08. The number of carbonyl (C=O) groups excluding carboxylic acids is 1. The molecular weight excluding hydrogens is 327 g/mol. The van der Waals surface area contributed by atoms with Crippen LogP contribution in [0.5, 0.6) is 5.75 Å². The Hall–Kier alpha value is -2.08. The first kappa shape index (κ1) is 14.3. The number of hydrogen-bond acceptors (Lipinski definition) is 3. The van der Waals surface area contributed by atoms with Gasteiger partial charge in [-0.3, -0.25) is 4.79 Å². The van der Waals surface area contributed by atoms with E-state index in [9.17, 15) is 9.18 Å². The Bertz CT molecular complexity index is 662. The molecule has 0 atom stereocenters. The molecule has 1 amide bonds. The molecule has 2 aromatic rings. The lowest BCUT2D eigenvalue weighted by Crippen LogP contribution is -2.13. The van der Waals surface area contributed by atoms with E-state index in [1.54, 1.807) is 18.2 Å². The predicted octanol–water partition coefficient (Wildman–Crippen LogP) is 3.43. The normalized spacial score (nSPS) is 10.2. The number of methoxy groups -OCH3 is 1. The van der Waals surface area contributed by atoms with E-state index < -0.39 is 11.7 Å². The van der Waals surface area contributed by atoms with Crippen LogP contribution < -0.4 is 15.8 Å². The second-order valence-corrected chi connectivity index (χ2v) is 4.90. The van der Waals surface area contributed by atoms with Crippen LogP contribution in [0.4, 0.5) is 15.8 Å². The minimum atomic E-state index is -0.542. The number of ether oxygens (including phenoxy) is 1. The van der Waals surface area contributed by atoms with Crippen molar-refractivity contribution < 1.29 is 13.9 Å². The van der Waals surface area contributed by atoms with Gasteiger partial charge in [0.05, 0.1) is 17.3 Å². The molecule has 0 unspecified atom stereocenters. The van der Waals surface area contributed by atoms with Crippen LogP contribution in [0.15, 0.2) is 40.9 Å². The second-order valence-electron chi connectivity index (χ2n) is 4.04. The minimum Gasteiger partial charge on any atom is -0.496 e. The molecule has 0 aliphatic rings. The number of hydrogen-bond donors (Lipinski definition) is 2. The smallest absolute Gasteiger partial charge is 0.255 e. The van der Waals surface area contributed by atoms with Crippen molar-refractivity contribution in [1.29, 1.82) is 0 Å². The van der Waals surface area contributed by atoms with Crippen LogP contribution in [0.3, 0.4) is 0 Å². The standard InChI is InChI=1S/C14H12BrFN2O2/c1-20-13-5-2-8(6-10(13)15)14(19)18-12-7-9(17)3-4-11(12)16/h2-7H,17H2,1H3,(H,18,19). The Labute approximate surface area is 123 Å². The lowest BCUT2D eigenvalue weighted by Gasteiger charge is -2.09. The summed E-state index contributed by atoms with van der Waals surface area (Å²) >= 11 is 3.29. The number of nitrogens with one attached hydrogen (secondary N) is 1. The van der Waals surface area contributed by atoms with Gasteiger partial charge in [-0.15, -0.1) is 0 Å². The molecule has 0 aromatic heterocycles. The molecule has 20 heavy (non-hydrogen) atoms. The first-order valence-electron chi connectivity index (χ1n) is 5.71. The van der Waals surface area contributed by atoms with Crippen LogP contribution in [0, 0.1) is 5.82 Å². The van der Waals surface area contributed by atoms with Gasteiger partial charge in [0.25, 0.3) is 5.91 Å². The van der Waals surface area contributed by atoms with Gasteiger partial charge in [0.15, 0.2) is 0 Å². The molecule has 2 aromatic carbocycles. The summed E-state index contributed by atoms with van der Waals surface area (Å²) in [6.07, 6.45) is 0. The summed E-state index contributed by atoms with van der Waals surface area (Å²) in [5.41, 5.74) is 6.35.